The van der Waals surface area contributed by atoms with Crippen molar-refractivity contribution in [3.05, 3.63) is 89.2 Å². The van der Waals surface area contributed by atoms with E-state index in [4.69, 9.17) is 14.6 Å². The molecule has 1 fully saturated rings. The van der Waals surface area contributed by atoms with Crippen LogP contribution in [0.4, 0.5) is 18.0 Å². The van der Waals surface area contributed by atoms with E-state index in [2.05, 4.69) is 4.98 Å². The Morgan fingerprint density at radius 1 is 0.944 bits per heavy atom. The van der Waals surface area contributed by atoms with Crippen molar-refractivity contribution < 1.29 is 37.3 Å². The molecule has 4 rings (SSSR count). The second kappa shape index (κ2) is 10.7. The number of carbonyl (C=O) groups is 2. The van der Waals surface area contributed by atoms with Crippen molar-refractivity contribution in [2.24, 2.45) is 0 Å². The van der Waals surface area contributed by atoms with Crippen LogP contribution in [0.1, 0.15) is 40.0 Å². The number of aromatic nitrogens is 1. The number of carboxylic acids is 1. The molecule has 1 aliphatic heterocycles. The van der Waals surface area contributed by atoms with Crippen LogP contribution in [0, 0.1) is 0 Å². The average Bonchev–Trinajstić information content (AvgIpc) is 2.86. The summed E-state index contributed by atoms with van der Waals surface area (Å²) in [5, 5.41) is 8.96. The summed E-state index contributed by atoms with van der Waals surface area (Å²) in [6.07, 6.45) is -2.62. The zero-order valence-electron chi connectivity index (χ0n) is 19.1. The fraction of sp³-hybridized carbons (Fsp3) is 0.269. The molecule has 0 aliphatic carbocycles. The first-order valence-corrected chi connectivity index (χ1v) is 11.3. The second-order valence-corrected chi connectivity index (χ2v) is 8.36. The number of amides is 1. The smallest absolute Gasteiger partial charge is 0.417 e. The minimum atomic E-state index is -4.42. The molecule has 36 heavy (non-hydrogen) atoms. The average molecular weight is 500 g/mol. The van der Waals surface area contributed by atoms with E-state index in [0.717, 1.165) is 17.8 Å². The number of hydrogen-bond acceptors (Lipinski definition) is 5. The molecule has 7 nitrogen and oxygen atoms in total. The number of benzene rings is 2. The number of rotatable bonds is 6. The van der Waals surface area contributed by atoms with Crippen LogP contribution in [-0.2, 0) is 12.6 Å². The van der Waals surface area contributed by atoms with Crippen molar-refractivity contribution in [2.45, 2.75) is 31.5 Å². The maximum Gasteiger partial charge on any atom is 0.417 e. The van der Waals surface area contributed by atoms with Gasteiger partial charge in [-0.1, -0.05) is 12.1 Å². The highest BCUT2D eigenvalue weighted by molar-refractivity contribution is 5.87. The number of likely N-dealkylation sites (tertiary alicyclic amines) is 1. The van der Waals surface area contributed by atoms with Gasteiger partial charge in [0, 0.05) is 44.2 Å². The number of carboxylic acid groups (broad SMARTS) is 1. The van der Waals surface area contributed by atoms with E-state index in [1.165, 1.54) is 18.2 Å². The van der Waals surface area contributed by atoms with Gasteiger partial charge in [0.1, 0.15) is 17.6 Å². The molecule has 1 amide bonds. The van der Waals surface area contributed by atoms with Crippen LogP contribution in [-0.4, -0.2) is 46.2 Å². The highest BCUT2D eigenvalue weighted by Gasteiger charge is 2.30. The van der Waals surface area contributed by atoms with Gasteiger partial charge in [-0.3, -0.25) is 4.98 Å². The number of piperidine rings is 1. The first-order chi connectivity index (χ1) is 17.2. The van der Waals surface area contributed by atoms with Crippen LogP contribution >= 0.6 is 0 Å². The molecule has 1 aromatic heterocycles. The van der Waals surface area contributed by atoms with E-state index in [0.29, 0.717) is 49.5 Å². The van der Waals surface area contributed by atoms with E-state index in [-0.39, 0.29) is 11.7 Å². The minimum Gasteiger partial charge on any atom is -0.490 e. The molecule has 2 heterocycles. The molecule has 1 N–H and O–H groups in total. The van der Waals surface area contributed by atoms with Crippen LogP contribution in [0.15, 0.2) is 66.9 Å². The van der Waals surface area contributed by atoms with E-state index >= 15 is 0 Å². The Labute approximate surface area is 205 Å². The SMILES string of the molecule is O=C(O)c1ccc(OC2CCN(C(=O)Oc3ccc(Cc4ccc(C(F)(F)F)cn4)cc3)CC2)cc1. The molecule has 0 saturated carbocycles. The third-order valence-corrected chi connectivity index (χ3v) is 5.77. The lowest BCUT2D eigenvalue weighted by Crippen LogP contribution is -2.43. The maximum absolute atomic E-state index is 12.7. The number of carbonyl (C=O) groups excluding carboxylic acids is 1. The number of hydrogen-bond donors (Lipinski definition) is 1. The second-order valence-electron chi connectivity index (χ2n) is 8.36. The van der Waals surface area contributed by atoms with Gasteiger partial charge in [-0.15, -0.1) is 0 Å². The Morgan fingerprint density at radius 3 is 2.14 bits per heavy atom. The van der Waals surface area contributed by atoms with E-state index in [1.807, 2.05) is 0 Å². The predicted molar refractivity (Wildman–Crippen MR) is 123 cm³/mol. The van der Waals surface area contributed by atoms with Crippen LogP contribution < -0.4 is 9.47 Å². The van der Waals surface area contributed by atoms with E-state index in [1.54, 1.807) is 41.3 Å². The van der Waals surface area contributed by atoms with Gasteiger partial charge in [-0.25, -0.2) is 9.59 Å². The van der Waals surface area contributed by atoms with Crippen LogP contribution in [0.25, 0.3) is 0 Å². The number of pyridine rings is 1. The predicted octanol–water partition coefficient (Wildman–Crippen LogP) is 5.43. The summed E-state index contributed by atoms with van der Waals surface area (Å²) in [6.45, 7) is 0.906. The van der Waals surface area contributed by atoms with Gasteiger partial charge in [-0.05, 0) is 54.1 Å². The number of ether oxygens (including phenoxy) is 2. The van der Waals surface area contributed by atoms with E-state index in [9.17, 15) is 22.8 Å². The van der Waals surface area contributed by atoms with Gasteiger partial charge in [0.15, 0.2) is 0 Å². The minimum absolute atomic E-state index is 0.0946. The summed E-state index contributed by atoms with van der Waals surface area (Å²) >= 11 is 0. The molecule has 2 aromatic carbocycles. The number of halogens is 3. The van der Waals surface area contributed by atoms with Crippen molar-refractivity contribution >= 4 is 12.1 Å². The largest absolute Gasteiger partial charge is 0.490 e. The van der Waals surface area contributed by atoms with Crippen molar-refractivity contribution in [3.8, 4) is 11.5 Å². The summed E-state index contributed by atoms with van der Waals surface area (Å²) < 4.78 is 49.3. The van der Waals surface area contributed by atoms with Crippen molar-refractivity contribution in [1.29, 1.82) is 0 Å². The monoisotopic (exact) mass is 500 g/mol. The molecule has 0 atom stereocenters. The first-order valence-electron chi connectivity index (χ1n) is 11.3. The van der Waals surface area contributed by atoms with Gasteiger partial charge >= 0.3 is 18.2 Å². The normalized spacial score (nSPS) is 14.4. The fourth-order valence-corrected chi connectivity index (χ4v) is 3.77. The molecule has 0 radical (unpaired) electrons. The summed E-state index contributed by atoms with van der Waals surface area (Å²) in [6, 6.07) is 15.3. The van der Waals surface area contributed by atoms with E-state index < -0.39 is 23.8 Å². The number of aromatic carboxylic acids is 1. The van der Waals surface area contributed by atoms with Crippen molar-refractivity contribution in [2.75, 3.05) is 13.1 Å². The Balaban J connectivity index is 1.24. The third-order valence-electron chi connectivity index (χ3n) is 5.77. The van der Waals surface area contributed by atoms with Gasteiger partial charge in [0.25, 0.3) is 0 Å². The summed E-state index contributed by atoms with van der Waals surface area (Å²) in [4.78, 5) is 28.9. The quantitative estimate of drug-likeness (QED) is 0.486. The molecule has 1 saturated heterocycles. The van der Waals surface area contributed by atoms with Gasteiger partial charge in [0.2, 0.25) is 0 Å². The number of nitrogens with zero attached hydrogens (tertiary/aromatic N) is 2. The molecule has 10 heteroatoms. The van der Waals surface area contributed by atoms with Crippen LogP contribution in [0.2, 0.25) is 0 Å². The Hall–Kier alpha value is -4.08. The lowest BCUT2D eigenvalue weighted by Gasteiger charge is -2.31. The third kappa shape index (κ3) is 6.53. The van der Waals surface area contributed by atoms with Gasteiger partial charge < -0.3 is 19.5 Å². The van der Waals surface area contributed by atoms with Gasteiger partial charge in [-0.2, -0.15) is 13.2 Å². The Bertz CT molecular complexity index is 1190. The highest BCUT2D eigenvalue weighted by Crippen LogP contribution is 2.28. The summed E-state index contributed by atoms with van der Waals surface area (Å²) in [5.74, 6) is -0.0622. The first kappa shape index (κ1) is 25.0. The molecule has 0 unspecified atom stereocenters. The van der Waals surface area contributed by atoms with Crippen LogP contribution in [0.3, 0.4) is 0 Å². The lowest BCUT2D eigenvalue weighted by molar-refractivity contribution is -0.137. The van der Waals surface area contributed by atoms with Crippen molar-refractivity contribution in [1.82, 2.24) is 9.88 Å². The molecule has 0 spiro atoms. The summed E-state index contributed by atoms with van der Waals surface area (Å²) in [7, 11) is 0. The Kier molecular flexibility index (Phi) is 7.42. The molecule has 1 aliphatic rings. The molecule has 0 bridgehead atoms. The molecular formula is C26H23F3N2O5. The van der Waals surface area contributed by atoms with Crippen LogP contribution in [0.5, 0.6) is 11.5 Å². The summed E-state index contributed by atoms with van der Waals surface area (Å²) in [5.41, 5.74) is 0.703. The number of alkyl halides is 3. The Morgan fingerprint density at radius 2 is 1.58 bits per heavy atom. The lowest BCUT2D eigenvalue weighted by atomic mass is 10.1. The topological polar surface area (TPSA) is 89.0 Å². The molecular weight excluding hydrogens is 477 g/mol. The van der Waals surface area contributed by atoms with Crippen molar-refractivity contribution in [3.63, 3.8) is 0 Å². The fourth-order valence-electron chi connectivity index (χ4n) is 3.77. The molecule has 3 aromatic rings. The van der Waals surface area contributed by atoms with Gasteiger partial charge in [0.05, 0.1) is 11.1 Å². The highest BCUT2D eigenvalue weighted by atomic mass is 19.4. The standard InChI is InChI=1S/C26H23F3N2O5/c27-26(28,29)19-5-6-20(30-16-19)15-17-1-7-22(8-2-17)36-25(34)31-13-11-23(12-14-31)35-21-9-3-18(4-10-21)24(32)33/h1-10,16,23H,11-15H2,(H,32,33). The maximum atomic E-state index is 12.7. The molecule has 188 valence electrons. The zero-order chi connectivity index (χ0) is 25.7. The zero-order valence-corrected chi connectivity index (χ0v) is 19.1.